The van der Waals surface area contributed by atoms with E-state index in [2.05, 4.69) is 5.32 Å². The lowest BCUT2D eigenvalue weighted by Gasteiger charge is -2.29. The molecule has 3 N–H and O–H groups in total. The van der Waals surface area contributed by atoms with Gasteiger partial charge in [0, 0.05) is 13.0 Å². The molecule has 0 spiro atoms. The van der Waals surface area contributed by atoms with Crippen LogP contribution in [0.1, 0.15) is 64.2 Å². The monoisotopic (exact) mass is 382 g/mol. The fourth-order valence-corrected chi connectivity index (χ4v) is 4.09. The van der Waals surface area contributed by atoms with Crippen molar-refractivity contribution in [2.75, 3.05) is 6.54 Å². The zero-order chi connectivity index (χ0) is 18.9. The molecule has 2 aliphatic rings. The van der Waals surface area contributed by atoms with E-state index in [1.807, 2.05) is 17.1 Å². The number of rotatable bonds is 10. The number of hydrogen-bond donors (Lipinski definition) is 3. The number of aliphatic carboxylic acids is 1. The van der Waals surface area contributed by atoms with E-state index >= 15 is 0 Å². The van der Waals surface area contributed by atoms with Crippen molar-refractivity contribution in [3.05, 3.63) is 12.2 Å². The summed E-state index contributed by atoms with van der Waals surface area (Å²) < 4.78 is 0. The molecular weight excluding hydrogens is 352 g/mol. The summed E-state index contributed by atoms with van der Waals surface area (Å²) >= 11 is 5.28. The standard InChI is InChI=1S/C19H30N2O4S/c22-16(14-8-4-3-5-9-14)12-13-21-15(18(25)20-19(21)26)10-6-1-2-7-11-17(23)24/h1,6,14-16,22H,2-5,7-13H2,(H,23,24)(H,20,25,26). The van der Waals surface area contributed by atoms with Crippen LogP contribution in [0.5, 0.6) is 0 Å². The summed E-state index contributed by atoms with van der Waals surface area (Å²) in [5, 5.41) is 22.2. The molecule has 2 rings (SSSR count). The maximum atomic E-state index is 12.1. The van der Waals surface area contributed by atoms with Gasteiger partial charge in [0.15, 0.2) is 5.11 Å². The van der Waals surface area contributed by atoms with Gasteiger partial charge in [0.05, 0.1) is 6.10 Å². The van der Waals surface area contributed by atoms with Gasteiger partial charge in [-0.2, -0.15) is 0 Å². The Morgan fingerprint density at radius 2 is 2.04 bits per heavy atom. The van der Waals surface area contributed by atoms with E-state index in [9.17, 15) is 14.7 Å². The van der Waals surface area contributed by atoms with E-state index in [1.54, 1.807) is 0 Å². The molecule has 1 saturated heterocycles. The van der Waals surface area contributed by atoms with Crippen LogP contribution in [0.2, 0.25) is 0 Å². The zero-order valence-electron chi connectivity index (χ0n) is 15.2. The highest BCUT2D eigenvalue weighted by molar-refractivity contribution is 7.80. The molecule has 6 nitrogen and oxygen atoms in total. The van der Waals surface area contributed by atoms with Crippen LogP contribution in [0.25, 0.3) is 0 Å². The van der Waals surface area contributed by atoms with Gasteiger partial charge in [-0.25, -0.2) is 0 Å². The Morgan fingerprint density at radius 1 is 1.31 bits per heavy atom. The van der Waals surface area contributed by atoms with Gasteiger partial charge in [0.2, 0.25) is 5.91 Å². The molecule has 1 heterocycles. The number of aliphatic hydroxyl groups is 1. The second-order valence-electron chi connectivity index (χ2n) is 7.25. The summed E-state index contributed by atoms with van der Waals surface area (Å²) in [5.74, 6) is -0.518. The van der Waals surface area contributed by atoms with Gasteiger partial charge in [-0.05, 0) is 56.7 Å². The number of amides is 1. The maximum absolute atomic E-state index is 12.1. The van der Waals surface area contributed by atoms with Crippen LogP contribution in [0.4, 0.5) is 0 Å². The Labute approximate surface area is 160 Å². The minimum absolute atomic E-state index is 0.0997. The lowest BCUT2D eigenvalue weighted by molar-refractivity contribution is -0.137. The highest BCUT2D eigenvalue weighted by atomic mass is 32.1. The number of carboxylic acid groups (broad SMARTS) is 1. The predicted molar refractivity (Wildman–Crippen MR) is 104 cm³/mol. The summed E-state index contributed by atoms with van der Waals surface area (Å²) in [5.41, 5.74) is 0. The summed E-state index contributed by atoms with van der Waals surface area (Å²) in [6.07, 6.45) is 11.9. The minimum atomic E-state index is -0.790. The van der Waals surface area contributed by atoms with E-state index < -0.39 is 5.97 Å². The second-order valence-corrected chi connectivity index (χ2v) is 7.64. The first-order valence-corrected chi connectivity index (χ1v) is 10.1. The molecule has 1 aliphatic heterocycles. The summed E-state index contributed by atoms with van der Waals surface area (Å²) in [6.45, 7) is 0.576. The molecule has 2 fully saturated rings. The van der Waals surface area contributed by atoms with Crippen LogP contribution < -0.4 is 5.32 Å². The van der Waals surface area contributed by atoms with E-state index in [1.165, 1.54) is 19.3 Å². The normalized spacial score (nSPS) is 22.8. The second kappa shape index (κ2) is 10.6. The van der Waals surface area contributed by atoms with Crippen LogP contribution in [-0.2, 0) is 9.59 Å². The number of unbranched alkanes of at least 4 members (excludes halogenated alkanes) is 1. The first-order valence-electron chi connectivity index (χ1n) is 9.65. The van der Waals surface area contributed by atoms with E-state index in [0.29, 0.717) is 43.3 Å². The summed E-state index contributed by atoms with van der Waals surface area (Å²) in [7, 11) is 0. The molecule has 2 atom stereocenters. The average molecular weight is 383 g/mol. The fraction of sp³-hybridized carbons (Fsp3) is 0.737. The SMILES string of the molecule is O=C(O)CCCC=CCC1C(=O)NC(=S)N1CCC(O)C1CCCCC1. The quantitative estimate of drug-likeness (QED) is 0.306. The van der Waals surface area contributed by atoms with Crippen LogP contribution in [0.3, 0.4) is 0 Å². The molecule has 0 bridgehead atoms. The molecule has 1 amide bonds. The van der Waals surface area contributed by atoms with Gasteiger partial charge in [-0.3, -0.25) is 9.59 Å². The molecular formula is C19H30N2O4S. The van der Waals surface area contributed by atoms with E-state index in [4.69, 9.17) is 17.3 Å². The highest BCUT2D eigenvalue weighted by Gasteiger charge is 2.35. The zero-order valence-corrected chi connectivity index (χ0v) is 16.0. The van der Waals surface area contributed by atoms with Crippen molar-refractivity contribution < 1.29 is 19.8 Å². The Hall–Kier alpha value is -1.47. The lowest BCUT2D eigenvalue weighted by Crippen LogP contribution is -2.38. The third kappa shape index (κ3) is 6.36. The Morgan fingerprint density at radius 3 is 2.73 bits per heavy atom. The smallest absolute Gasteiger partial charge is 0.303 e. The van der Waals surface area contributed by atoms with Crippen LogP contribution in [-0.4, -0.2) is 50.8 Å². The molecule has 1 aliphatic carbocycles. The first-order chi connectivity index (χ1) is 12.5. The number of carboxylic acids is 1. The van der Waals surface area contributed by atoms with Crippen molar-refractivity contribution in [3.8, 4) is 0 Å². The number of nitrogens with one attached hydrogen (secondary N) is 1. The molecule has 2 unspecified atom stereocenters. The number of carbonyl (C=O) groups excluding carboxylic acids is 1. The molecule has 1 saturated carbocycles. The number of hydrogen-bond acceptors (Lipinski definition) is 4. The Kier molecular flexibility index (Phi) is 8.51. The number of carbonyl (C=O) groups is 2. The summed E-state index contributed by atoms with van der Waals surface area (Å²) in [6, 6.07) is -0.336. The number of allylic oxidation sites excluding steroid dienone is 1. The fourth-order valence-electron chi connectivity index (χ4n) is 3.78. The van der Waals surface area contributed by atoms with Gasteiger partial charge in [0.1, 0.15) is 6.04 Å². The molecule has 0 aromatic carbocycles. The predicted octanol–water partition coefficient (Wildman–Crippen LogP) is 2.60. The van der Waals surface area contributed by atoms with Crippen molar-refractivity contribution in [2.24, 2.45) is 5.92 Å². The summed E-state index contributed by atoms with van der Waals surface area (Å²) in [4.78, 5) is 24.5. The van der Waals surface area contributed by atoms with Gasteiger partial charge in [-0.15, -0.1) is 0 Å². The van der Waals surface area contributed by atoms with Crippen molar-refractivity contribution in [1.29, 1.82) is 0 Å². The Balaban J connectivity index is 1.78. The third-order valence-electron chi connectivity index (χ3n) is 5.32. The Bertz CT molecular complexity index is 532. The molecule has 0 aromatic rings. The molecule has 0 radical (unpaired) electrons. The molecule has 7 heteroatoms. The van der Waals surface area contributed by atoms with E-state index in [0.717, 1.165) is 12.8 Å². The number of thiocarbonyl (C=S) groups is 1. The lowest BCUT2D eigenvalue weighted by atomic mass is 9.84. The van der Waals surface area contributed by atoms with Crippen molar-refractivity contribution in [1.82, 2.24) is 10.2 Å². The van der Waals surface area contributed by atoms with Gasteiger partial charge >= 0.3 is 5.97 Å². The van der Waals surface area contributed by atoms with Crippen molar-refractivity contribution in [2.45, 2.75) is 76.4 Å². The van der Waals surface area contributed by atoms with Crippen LogP contribution in [0, 0.1) is 5.92 Å². The van der Waals surface area contributed by atoms with Crippen molar-refractivity contribution in [3.63, 3.8) is 0 Å². The van der Waals surface area contributed by atoms with Crippen molar-refractivity contribution >= 4 is 29.2 Å². The van der Waals surface area contributed by atoms with Gasteiger partial charge in [0.25, 0.3) is 0 Å². The maximum Gasteiger partial charge on any atom is 0.303 e. The van der Waals surface area contributed by atoms with Crippen LogP contribution >= 0.6 is 12.2 Å². The highest BCUT2D eigenvalue weighted by Crippen LogP contribution is 2.28. The first kappa shape index (κ1) is 20.8. The molecule has 0 aromatic heterocycles. The van der Waals surface area contributed by atoms with E-state index in [-0.39, 0.29) is 24.5 Å². The molecule has 26 heavy (non-hydrogen) atoms. The van der Waals surface area contributed by atoms with Crippen LogP contribution in [0.15, 0.2) is 12.2 Å². The largest absolute Gasteiger partial charge is 0.481 e. The average Bonchev–Trinajstić information content (AvgIpc) is 2.89. The van der Waals surface area contributed by atoms with Gasteiger partial charge < -0.3 is 20.4 Å². The minimum Gasteiger partial charge on any atom is -0.481 e. The topological polar surface area (TPSA) is 89.9 Å². The molecule has 146 valence electrons. The third-order valence-corrected chi connectivity index (χ3v) is 5.65. The van der Waals surface area contributed by atoms with Gasteiger partial charge in [-0.1, -0.05) is 31.4 Å². The number of nitrogens with zero attached hydrogens (tertiary/aromatic N) is 1. The number of aliphatic hydroxyl groups excluding tert-OH is 1.